The van der Waals surface area contributed by atoms with Crippen molar-refractivity contribution >= 4 is 26.8 Å². The predicted octanol–water partition coefficient (Wildman–Crippen LogP) is 2.07. The lowest BCUT2D eigenvalue weighted by atomic mass is 9.87. The molecule has 0 atom stereocenters. The van der Waals surface area contributed by atoms with Gasteiger partial charge < -0.3 is 9.84 Å². The molecule has 1 saturated heterocycles. The number of benzene rings is 1. The zero-order valence-corrected chi connectivity index (χ0v) is 18.5. The van der Waals surface area contributed by atoms with Gasteiger partial charge in [0.25, 0.3) is 0 Å². The Hall–Kier alpha value is -2.98. The van der Waals surface area contributed by atoms with E-state index >= 15 is 0 Å². The second-order valence-electron chi connectivity index (χ2n) is 8.40. The second kappa shape index (κ2) is 7.86. The quantitative estimate of drug-likeness (QED) is 0.621. The van der Waals surface area contributed by atoms with Gasteiger partial charge in [0.2, 0.25) is 0 Å². The van der Waals surface area contributed by atoms with Gasteiger partial charge in [0.1, 0.15) is 11.9 Å². The van der Waals surface area contributed by atoms with Crippen molar-refractivity contribution in [3.8, 4) is 11.4 Å². The first kappa shape index (κ1) is 20.9. The summed E-state index contributed by atoms with van der Waals surface area (Å²) in [5, 5.41) is 14.9. The van der Waals surface area contributed by atoms with E-state index in [0.29, 0.717) is 41.6 Å². The van der Waals surface area contributed by atoms with Crippen LogP contribution < -0.4 is 4.74 Å². The molecule has 32 heavy (non-hydrogen) atoms. The fourth-order valence-electron chi connectivity index (χ4n) is 4.40. The zero-order valence-electron chi connectivity index (χ0n) is 17.6. The van der Waals surface area contributed by atoms with Gasteiger partial charge >= 0.3 is 5.97 Å². The highest BCUT2D eigenvalue weighted by molar-refractivity contribution is 7.91. The molecule has 3 heterocycles. The highest BCUT2D eigenvalue weighted by Crippen LogP contribution is 2.36. The minimum Gasteiger partial charge on any atom is -0.489 e. The minimum atomic E-state index is -2.90. The molecule has 1 saturated carbocycles. The van der Waals surface area contributed by atoms with E-state index in [-0.39, 0.29) is 23.3 Å². The molecule has 1 N–H and O–H groups in total. The van der Waals surface area contributed by atoms with Crippen molar-refractivity contribution in [3.05, 3.63) is 47.8 Å². The molecule has 1 aromatic carbocycles. The van der Waals surface area contributed by atoms with Crippen molar-refractivity contribution < 1.29 is 23.1 Å². The number of nitrogens with zero attached hydrogens (tertiary/aromatic N) is 4. The van der Waals surface area contributed by atoms with Gasteiger partial charge in [0, 0.05) is 38.0 Å². The Morgan fingerprint density at radius 3 is 2.50 bits per heavy atom. The van der Waals surface area contributed by atoms with E-state index < -0.39 is 15.8 Å². The van der Waals surface area contributed by atoms with Gasteiger partial charge in [-0.3, -0.25) is 4.90 Å². The third-order valence-corrected chi connectivity index (χ3v) is 7.86. The van der Waals surface area contributed by atoms with Crippen molar-refractivity contribution in [2.75, 3.05) is 24.6 Å². The number of carbonyl (C=O) groups is 1. The summed E-state index contributed by atoms with van der Waals surface area (Å²) in [7, 11) is -2.90. The molecular formula is C22H24N4O5S. The Morgan fingerprint density at radius 1 is 1.16 bits per heavy atom. The number of carboxylic acids is 1. The van der Waals surface area contributed by atoms with Crippen LogP contribution in [0.3, 0.4) is 0 Å². The van der Waals surface area contributed by atoms with Crippen LogP contribution in [0.15, 0.2) is 36.4 Å². The van der Waals surface area contributed by atoms with Crippen LogP contribution in [-0.2, 0) is 9.84 Å². The molecular weight excluding hydrogens is 432 g/mol. The van der Waals surface area contributed by atoms with E-state index in [0.717, 1.165) is 18.5 Å². The van der Waals surface area contributed by atoms with Crippen molar-refractivity contribution in [3.63, 3.8) is 0 Å². The molecule has 0 spiro atoms. The van der Waals surface area contributed by atoms with Crippen molar-refractivity contribution in [1.82, 2.24) is 19.7 Å². The Labute approximate surface area is 185 Å². The van der Waals surface area contributed by atoms with Gasteiger partial charge in [-0.05, 0) is 19.1 Å². The standard InChI is InChI=1S/C22H24N4O5S/c1-14-20-19(31-17-11-16(12-17)25-7-9-32(29,30)10-8-25)13-18(22(27)28)23-21(20)26(24-14)15-5-3-2-4-6-15/h2-6,13,16-17H,7-12H2,1H3,(H,27,28). The molecule has 5 rings (SSSR count). The summed E-state index contributed by atoms with van der Waals surface area (Å²) in [6, 6.07) is 11.2. The number of ether oxygens (including phenoxy) is 1. The highest BCUT2D eigenvalue weighted by Gasteiger charge is 2.38. The zero-order chi connectivity index (χ0) is 22.5. The van der Waals surface area contributed by atoms with Gasteiger partial charge in [0.15, 0.2) is 21.2 Å². The number of hydrogen-bond acceptors (Lipinski definition) is 7. The summed E-state index contributed by atoms with van der Waals surface area (Å²) < 4.78 is 31.2. The molecule has 0 amide bonds. The SMILES string of the molecule is Cc1nn(-c2ccccc2)c2nc(C(=O)O)cc(OC3CC(N4CCS(=O)(=O)CC4)C3)c12. The average molecular weight is 457 g/mol. The maximum Gasteiger partial charge on any atom is 0.354 e. The monoisotopic (exact) mass is 456 g/mol. The van der Waals surface area contributed by atoms with Gasteiger partial charge in [-0.25, -0.2) is 22.9 Å². The van der Waals surface area contributed by atoms with Crippen LogP contribution in [0.25, 0.3) is 16.7 Å². The molecule has 0 bridgehead atoms. The number of sulfone groups is 1. The van der Waals surface area contributed by atoms with E-state index in [1.807, 2.05) is 37.3 Å². The lowest BCUT2D eigenvalue weighted by molar-refractivity contribution is 0.0218. The van der Waals surface area contributed by atoms with Crippen LogP contribution in [0.4, 0.5) is 0 Å². The lowest BCUT2D eigenvalue weighted by Crippen LogP contribution is -2.54. The summed E-state index contributed by atoms with van der Waals surface area (Å²) in [5.41, 5.74) is 1.85. The maximum absolute atomic E-state index is 11.7. The Kier molecular flexibility index (Phi) is 5.13. The Bertz CT molecular complexity index is 1270. The number of para-hydroxylation sites is 1. The summed E-state index contributed by atoms with van der Waals surface area (Å²) >= 11 is 0. The van der Waals surface area contributed by atoms with Gasteiger partial charge in [-0.1, -0.05) is 18.2 Å². The summed E-state index contributed by atoms with van der Waals surface area (Å²) in [6.45, 7) is 2.98. The van der Waals surface area contributed by atoms with Crippen LogP contribution in [0.5, 0.6) is 5.75 Å². The molecule has 0 unspecified atom stereocenters. The van der Waals surface area contributed by atoms with Crippen molar-refractivity contribution in [1.29, 1.82) is 0 Å². The molecule has 3 aromatic rings. The largest absolute Gasteiger partial charge is 0.489 e. The summed E-state index contributed by atoms with van der Waals surface area (Å²) in [5.74, 6) is -0.243. The van der Waals surface area contributed by atoms with Crippen LogP contribution in [0, 0.1) is 6.92 Å². The van der Waals surface area contributed by atoms with Crippen LogP contribution in [0.1, 0.15) is 29.0 Å². The molecule has 0 radical (unpaired) electrons. The molecule has 1 aliphatic heterocycles. The first-order valence-corrected chi connectivity index (χ1v) is 12.4. The summed E-state index contributed by atoms with van der Waals surface area (Å²) in [4.78, 5) is 18.3. The van der Waals surface area contributed by atoms with Crippen molar-refractivity contribution in [2.45, 2.75) is 31.9 Å². The third kappa shape index (κ3) is 3.84. The second-order valence-corrected chi connectivity index (χ2v) is 10.7. The Morgan fingerprint density at radius 2 is 1.84 bits per heavy atom. The molecule has 9 nitrogen and oxygen atoms in total. The van der Waals surface area contributed by atoms with E-state index in [2.05, 4.69) is 15.0 Å². The smallest absolute Gasteiger partial charge is 0.354 e. The first-order chi connectivity index (χ1) is 15.3. The predicted molar refractivity (Wildman–Crippen MR) is 118 cm³/mol. The molecule has 168 valence electrons. The van der Waals surface area contributed by atoms with Crippen LogP contribution in [0.2, 0.25) is 0 Å². The van der Waals surface area contributed by atoms with Gasteiger partial charge in [0.05, 0.1) is 28.3 Å². The minimum absolute atomic E-state index is 0.0646. The highest BCUT2D eigenvalue weighted by atomic mass is 32.2. The number of aromatic carboxylic acids is 1. The Balaban J connectivity index is 1.41. The summed E-state index contributed by atoms with van der Waals surface area (Å²) in [6.07, 6.45) is 1.49. The molecule has 2 aromatic heterocycles. The number of rotatable bonds is 5. The fraction of sp³-hybridized carbons (Fsp3) is 0.409. The van der Waals surface area contributed by atoms with E-state index in [9.17, 15) is 18.3 Å². The van der Waals surface area contributed by atoms with Gasteiger partial charge in [-0.2, -0.15) is 5.10 Å². The molecule has 1 aliphatic carbocycles. The van der Waals surface area contributed by atoms with Crippen molar-refractivity contribution in [2.24, 2.45) is 0 Å². The average Bonchev–Trinajstić information content (AvgIpc) is 3.08. The maximum atomic E-state index is 11.7. The number of carboxylic acid groups (broad SMARTS) is 1. The number of fused-ring (bicyclic) bond motifs is 1. The number of aryl methyl sites for hydroxylation is 1. The molecule has 2 aliphatic rings. The fourth-order valence-corrected chi connectivity index (χ4v) is 5.63. The molecule has 2 fully saturated rings. The van der Waals surface area contributed by atoms with E-state index in [1.54, 1.807) is 4.68 Å². The van der Waals surface area contributed by atoms with E-state index in [1.165, 1.54) is 6.07 Å². The number of hydrogen-bond donors (Lipinski definition) is 1. The lowest BCUT2D eigenvalue weighted by Gasteiger charge is -2.44. The van der Waals surface area contributed by atoms with E-state index in [4.69, 9.17) is 4.74 Å². The number of pyridine rings is 1. The van der Waals surface area contributed by atoms with Crippen LogP contribution in [-0.4, -0.2) is 75.9 Å². The van der Waals surface area contributed by atoms with Crippen LogP contribution >= 0.6 is 0 Å². The third-order valence-electron chi connectivity index (χ3n) is 6.26. The topological polar surface area (TPSA) is 115 Å². The molecule has 10 heteroatoms. The van der Waals surface area contributed by atoms with Gasteiger partial charge in [-0.15, -0.1) is 0 Å². The normalized spacial score (nSPS) is 23.0. The first-order valence-electron chi connectivity index (χ1n) is 10.6. The number of aromatic nitrogens is 3.